The summed E-state index contributed by atoms with van der Waals surface area (Å²) >= 11 is 1.39. The van der Waals surface area contributed by atoms with Crippen LogP contribution in [0.15, 0.2) is 11.6 Å². The number of amides is 1. The van der Waals surface area contributed by atoms with E-state index in [4.69, 9.17) is 5.73 Å². The zero-order chi connectivity index (χ0) is 16.0. The lowest BCUT2D eigenvalue weighted by Crippen LogP contribution is -2.48. The SMILES string of the molecule is CC(C)C[C@H](N)C(=O)N[C@H](CC(C)C)[C@H](O)c1nccs1. The number of thiazole rings is 1. The number of hydrogen-bond acceptors (Lipinski definition) is 5. The van der Waals surface area contributed by atoms with Crippen molar-refractivity contribution in [2.45, 2.75) is 58.7 Å². The van der Waals surface area contributed by atoms with E-state index in [1.165, 1.54) is 11.3 Å². The van der Waals surface area contributed by atoms with E-state index in [1.807, 2.05) is 19.2 Å². The van der Waals surface area contributed by atoms with Crippen LogP contribution in [0.1, 0.15) is 51.6 Å². The molecule has 0 aliphatic rings. The molecule has 0 aromatic carbocycles. The molecule has 0 saturated carbocycles. The Bertz CT molecular complexity index is 421. The molecule has 0 bridgehead atoms. The van der Waals surface area contributed by atoms with Crippen molar-refractivity contribution in [1.82, 2.24) is 10.3 Å². The predicted molar refractivity (Wildman–Crippen MR) is 85.9 cm³/mol. The summed E-state index contributed by atoms with van der Waals surface area (Å²) in [5, 5.41) is 15.8. The van der Waals surface area contributed by atoms with Crippen LogP contribution in [0, 0.1) is 11.8 Å². The maximum absolute atomic E-state index is 12.2. The van der Waals surface area contributed by atoms with Crippen LogP contribution in [-0.2, 0) is 4.79 Å². The largest absolute Gasteiger partial charge is 0.384 e. The number of aliphatic hydroxyl groups is 1. The Morgan fingerprint density at radius 1 is 1.33 bits per heavy atom. The first kappa shape index (κ1) is 18.1. The van der Waals surface area contributed by atoms with E-state index in [2.05, 4.69) is 24.1 Å². The number of carbonyl (C=O) groups is 1. The molecule has 1 amide bonds. The van der Waals surface area contributed by atoms with Crippen LogP contribution in [0.2, 0.25) is 0 Å². The number of nitrogens with one attached hydrogen (secondary N) is 1. The van der Waals surface area contributed by atoms with Gasteiger partial charge in [0.15, 0.2) is 0 Å². The molecule has 1 aromatic heterocycles. The minimum absolute atomic E-state index is 0.204. The minimum atomic E-state index is -0.789. The smallest absolute Gasteiger partial charge is 0.237 e. The number of hydrogen-bond donors (Lipinski definition) is 3. The van der Waals surface area contributed by atoms with Crippen LogP contribution in [0.25, 0.3) is 0 Å². The number of nitrogens with two attached hydrogens (primary N) is 1. The van der Waals surface area contributed by atoms with Gasteiger partial charge >= 0.3 is 0 Å². The van der Waals surface area contributed by atoms with Gasteiger partial charge in [0.25, 0.3) is 0 Å². The molecule has 5 nitrogen and oxygen atoms in total. The Morgan fingerprint density at radius 2 is 1.95 bits per heavy atom. The van der Waals surface area contributed by atoms with Crippen molar-refractivity contribution in [2.75, 3.05) is 0 Å². The third kappa shape index (κ3) is 6.11. The highest BCUT2D eigenvalue weighted by Crippen LogP contribution is 2.23. The maximum atomic E-state index is 12.2. The molecule has 4 N–H and O–H groups in total. The maximum Gasteiger partial charge on any atom is 0.237 e. The van der Waals surface area contributed by atoms with E-state index in [0.717, 1.165) is 0 Å². The van der Waals surface area contributed by atoms with Gasteiger partial charge in [-0.25, -0.2) is 4.98 Å². The Kier molecular flexibility index (Phi) is 7.28. The Balaban J connectivity index is 2.72. The van der Waals surface area contributed by atoms with Gasteiger partial charge in [-0.1, -0.05) is 27.7 Å². The average molecular weight is 313 g/mol. The van der Waals surface area contributed by atoms with Crippen molar-refractivity contribution < 1.29 is 9.90 Å². The van der Waals surface area contributed by atoms with E-state index < -0.39 is 12.1 Å². The molecule has 0 radical (unpaired) electrons. The second-order valence-electron chi connectivity index (χ2n) is 6.30. The number of aliphatic hydroxyl groups excluding tert-OH is 1. The minimum Gasteiger partial charge on any atom is -0.384 e. The molecule has 0 fully saturated rings. The lowest BCUT2D eigenvalue weighted by molar-refractivity contribution is -0.124. The quantitative estimate of drug-likeness (QED) is 0.685. The summed E-state index contributed by atoms with van der Waals surface area (Å²) in [5.74, 6) is 0.509. The van der Waals surface area contributed by atoms with Gasteiger partial charge in [-0.05, 0) is 24.7 Å². The van der Waals surface area contributed by atoms with E-state index in [1.54, 1.807) is 6.20 Å². The molecular formula is C15H27N3O2S. The fourth-order valence-corrected chi connectivity index (χ4v) is 2.92. The van der Waals surface area contributed by atoms with Gasteiger partial charge < -0.3 is 16.2 Å². The number of carbonyl (C=O) groups excluding carboxylic acids is 1. The summed E-state index contributed by atoms with van der Waals surface area (Å²) in [5.41, 5.74) is 5.91. The van der Waals surface area contributed by atoms with Crippen molar-refractivity contribution in [3.05, 3.63) is 16.6 Å². The first-order chi connectivity index (χ1) is 9.81. The lowest BCUT2D eigenvalue weighted by Gasteiger charge is -2.26. The Hall–Kier alpha value is -0.980. The highest BCUT2D eigenvalue weighted by Gasteiger charge is 2.27. The fourth-order valence-electron chi connectivity index (χ4n) is 2.23. The zero-order valence-electron chi connectivity index (χ0n) is 13.2. The van der Waals surface area contributed by atoms with Crippen molar-refractivity contribution in [3.63, 3.8) is 0 Å². The molecule has 1 rings (SSSR count). The van der Waals surface area contributed by atoms with Gasteiger partial charge in [-0.15, -0.1) is 11.3 Å². The molecule has 0 unspecified atom stereocenters. The summed E-state index contributed by atoms with van der Waals surface area (Å²) in [6.45, 7) is 8.18. The molecule has 0 saturated heterocycles. The second kappa shape index (κ2) is 8.46. The molecule has 120 valence electrons. The van der Waals surface area contributed by atoms with Gasteiger partial charge in [-0.2, -0.15) is 0 Å². The van der Waals surface area contributed by atoms with Crippen LogP contribution in [-0.4, -0.2) is 28.1 Å². The third-order valence-electron chi connectivity index (χ3n) is 3.20. The highest BCUT2D eigenvalue weighted by atomic mass is 32.1. The van der Waals surface area contributed by atoms with E-state index in [9.17, 15) is 9.90 Å². The number of rotatable bonds is 8. The van der Waals surface area contributed by atoms with Gasteiger partial charge in [-0.3, -0.25) is 4.79 Å². The second-order valence-corrected chi connectivity index (χ2v) is 7.22. The van der Waals surface area contributed by atoms with Crippen LogP contribution in [0.3, 0.4) is 0 Å². The first-order valence-electron chi connectivity index (χ1n) is 7.44. The molecular weight excluding hydrogens is 286 g/mol. The molecule has 6 heteroatoms. The molecule has 0 aliphatic heterocycles. The summed E-state index contributed by atoms with van der Waals surface area (Å²) in [4.78, 5) is 16.3. The first-order valence-corrected chi connectivity index (χ1v) is 8.32. The van der Waals surface area contributed by atoms with Crippen LogP contribution in [0.4, 0.5) is 0 Å². The molecule has 1 heterocycles. The standard InChI is InChI=1S/C15H27N3O2S/c1-9(2)7-11(16)14(20)18-12(8-10(3)4)13(19)15-17-5-6-21-15/h5-6,9-13,19H,7-8,16H2,1-4H3,(H,18,20)/t11-,12+,13-/m0/s1. The Morgan fingerprint density at radius 3 is 2.43 bits per heavy atom. The summed E-state index contributed by atoms with van der Waals surface area (Å²) in [6.07, 6.45) is 2.18. The average Bonchev–Trinajstić information content (AvgIpc) is 2.89. The van der Waals surface area contributed by atoms with Gasteiger partial charge in [0, 0.05) is 11.6 Å². The fraction of sp³-hybridized carbons (Fsp3) is 0.733. The summed E-state index contributed by atoms with van der Waals surface area (Å²) in [7, 11) is 0. The van der Waals surface area contributed by atoms with Crippen molar-refractivity contribution in [3.8, 4) is 0 Å². The van der Waals surface area contributed by atoms with Gasteiger partial charge in [0.1, 0.15) is 11.1 Å². The van der Waals surface area contributed by atoms with Crippen LogP contribution >= 0.6 is 11.3 Å². The molecule has 21 heavy (non-hydrogen) atoms. The monoisotopic (exact) mass is 313 g/mol. The lowest BCUT2D eigenvalue weighted by atomic mass is 9.98. The zero-order valence-corrected chi connectivity index (χ0v) is 14.1. The summed E-state index contributed by atoms with van der Waals surface area (Å²) in [6, 6.07) is -0.898. The topological polar surface area (TPSA) is 88.2 Å². The predicted octanol–water partition coefficient (Wildman–Crippen LogP) is 2.08. The van der Waals surface area contributed by atoms with Gasteiger partial charge in [0.2, 0.25) is 5.91 Å². The molecule has 0 spiro atoms. The van der Waals surface area contributed by atoms with Crippen molar-refractivity contribution >= 4 is 17.2 Å². The Labute approximate surface area is 131 Å². The molecule has 3 atom stereocenters. The molecule has 0 aliphatic carbocycles. The van der Waals surface area contributed by atoms with Crippen molar-refractivity contribution in [2.24, 2.45) is 17.6 Å². The highest BCUT2D eigenvalue weighted by molar-refractivity contribution is 7.09. The third-order valence-corrected chi connectivity index (χ3v) is 4.05. The summed E-state index contributed by atoms with van der Waals surface area (Å²) < 4.78 is 0. The normalized spacial score (nSPS) is 16.0. The van der Waals surface area contributed by atoms with Gasteiger partial charge in [0.05, 0.1) is 12.1 Å². The van der Waals surface area contributed by atoms with Crippen LogP contribution < -0.4 is 11.1 Å². The van der Waals surface area contributed by atoms with Crippen molar-refractivity contribution in [1.29, 1.82) is 0 Å². The number of aromatic nitrogens is 1. The van der Waals surface area contributed by atoms with E-state index in [0.29, 0.717) is 29.7 Å². The van der Waals surface area contributed by atoms with Crippen LogP contribution in [0.5, 0.6) is 0 Å². The van der Waals surface area contributed by atoms with E-state index in [-0.39, 0.29) is 11.9 Å². The molecule has 1 aromatic rings. The van der Waals surface area contributed by atoms with E-state index >= 15 is 0 Å². The number of nitrogens with zero attached hydrogens (tertiary/aromatic N) is 1.